The first kappa shape index (κ1) is 15.7. The molecule has 1 N–H and O–H groups in total. The topological polar surface area (TPSA) is 67.8 Å². The summed E-state index contributed by atoms with van der Waals surface area (Å²) in [7, 11) is 0. The summed E-state index contributed by atoms with van der Waals surface area (Å²) in [4.78, 5) is 26.3. The molecule has 2 bridgehead atoms. The van der Waals surface area contributed by atoms with Crippen LogP contribution in [0.15, 0.2) is 18.5 Å². The number of nitrogens with zero attached hydrogens (tertiary/aromatic N) is 3. The third kappa shape index (κ3) is 2.83. The Balaban J connectivity index is 1.47. The van der Waals surface area contributed by atoms with Crippen LogP contribution in [0.3, 0.4) is 0 Å². The van der Waals surface area contributed by atoms with Gasteiger partial charge < -0.3 is 5.32 Å². The van der Waals surface area contributed by atoms with Crippen LogP contribution < -0.4 is 5.32 Å². The van der Waals surface area contributed by atoms with Crippen molar-refractivity contribution in [1.29, 1.82) is 0 Å². The fourth-order valence-electron chi connectivity index (χ4n) is 4.40. The van der Waals surface area contributed by atoms with Gasteiger partial charge in [-0.05, 0) is 56.9 Å². The lowest BCUT2D eigenvalue weighted by Gasteiger charge is -2.28. The summed E-state index contributed by atoms with van der Waals surface area (Å²) in [5.74, 6) is 2.90. The quantitative estimate of drug-likeness (QED) is 0.924. The van der Waals surface area contributed by atoms with E-state index < -0.39 is 0 Å². The average molecular weight is 342 g/mol. The Morgan fingerprint density at radius 2 is 2.08 bits per heavy atom. The number of hydrogen-bond acceptors (Lipinski definition) is 5. The van der Waals surface area contributed by atoms with Crippen molar-refractivity contribution in [1.82, 2.24) is 20.3 Å². The van der Waals surface area contributed by atoms with Gasteiger partial charge in [0.25, 0.3) is 5.91 Å². The van der Waals surface area contributed by atoms with Gasteiger partial charge in [0, 0.05) is 18.4 Å². The van der Waals surface area contributed by atoms with Gasteiger partial charge in [-0.2, -0.15) is 0 Å². The van der Waals surface area contributed by atoms with Crippen LogP contribution in [-0.2, 0) is 0 Å². The van der Waals surface area contributed by atoms with Crippen LogP contribution in [0.25, 0.3) is 10.8 Å². The van der Waals surface area contributed by atoms with E-state index in [1.54, 1.807) is 18.5 Å². The zero-order chi connectivity index (χ0) is 16.7. The van der Waals surface area contributed by atoms with E-state index in [1.807, 2.05) is 6.92 Å². The first-order valence-corrected chi connectivity index (χ1v) is 9.49. The predicted molar refractivity (Wildman–Crippen MR) is 93.7 cm³/mol. The van der Waals surface area contributed by atoms with Gasteiger partial charge in [-0.25, -0.2) is 15.0 Å². The van der Waals surface area contributed by atoms with E-state index in [9.17, 15) is 4.79 Å². The van der Waals surface area contributed by atoms with Gasteiger partial charge in [0.15, 0.2) is 10.8 Å². The minimum Gasteiger partial charge on any atom is -0.349 e. The van der Waals surface area contributed by atoms with Gasteiger partial charge in [0.05, 0.1) is 5.69 Å². The Morgan fingerprint density at radius 3 is 2.75 bits per heavy atom. The van der Waals surface area contributed by atoms with Crippen molar-refractivity contribution < 1.29 is 4.79 Å². The summed E-state index contributed by atoms with van der Waals surface area (Å²) >= 11 is 1.37. The molecule has 2 fully saturated rings. The second-order valence-corrected chi connectivity index (χ2v) is 8.11. The Bertz CT molecular complexity index is 745. The first-order valence-electron chi connectivity index (χ1n) is 8.67. The summed E-state index contributed by atoms with van der Waals surface area (Å²) < 4.78 is 0. The highest BCUT2D eigenvalue weighted by molar-refractivity contribution is 7.17. The van der Waals surface area contributed by atoms with Gasteiger partial charge in [-0.1, -0.05) is 6.42 Å². The molecule has 1 amide bonds. The van der Waals surface area contributed by atoms with Crippen LogP contribution in [0.4, 0.5) is 0 Å². The lowest BCUT2D eigenvalue weighted by molar-refractivity contribution is 0.0918. The standard InChI is InChI=1S/C18H22N4OS/c1-10(14-9-12-4-5-13(14)8-12)21-17(23)15-11(2)22-18(24-15)16-19-6-3-7-20-16/h3,6-7,10,12-14H,4-5,8-9H2,1-2H3,(H,21,23). The highest BCUT2D eigenvalue weighted by Gasteiger charge is 2.42. The zero-order valence-corrected chi connectivity index (χ0v) is 14.8. The van der Waals surface area contributed by atoms with E-state index >= 15 is 0 Å². The second-order valence-electron chi connectivity index (χ2n) is 7.11. The minimum atomic E-state index is -0.0116. The summed E-state index contributed by atoms with van der Waals surface area (Å²) in [6.45, 7) is 4.03. The number of carbonyl (C=O) groups is 1. The molecule has 2 aliphatic rings. The molecule has 126 valence electrons. The summed E-state index contributed by atoms with van der Waals surface area (Å²) in [5, 5.41) is 3.92. The molecular weight excluding hydrogens is 320 g/mol. The average Bonchev–Trinajstić information content (AvgIpc) is 3.30. The Hall–Kier alpha value is -1.82. The van der Waals surface area contributed by atoms with Crippen LogP contribution in [-0.4, -0.2) is 26.9 Å². The van der Waals surface area contributed by atoms with Crippen molar-refractivity contribution in [2.75, 3.05) is 0 Å². The largest absolute Gasteiger partial charge is 0.349 e. The predicted octanol–water partition coefficient (Wildman–Crippen LogP) is 3.46. The van der Waals surface area contributed by atoms with Crippen molar-refractivity contribution in [2.24, 2.45) is 17.8 Å². The normalized spacial score (nSPS) is 26.5. The van der Waals surface area contributed by atoms with E-state index in [0.29, 0.717) is 21.6 Å². The number of thiazole rings is 1. The number of nitrogens with one attached hydrogen (secondary N) is 1. The molecule has 24 heavy (non-hydrogen) atoms. The molecule has 0 aromatic carbocycles. The zero-order valence-electron chi connectivity index (χ0n) is 14.0. The van der Waals surface area contributed by atoms with Gasteiger partial charge in [0.2, 0.25) is 0 Å². The molecule has 4 rings (SSSR count). The first-order chi connectivity index (χ1) is 11.6. The van der Waals surface area contributed by atoms with Crippen molar-refractivity contribution in [3.63, 3.8) is 0 Å². The highest BCUT2D eigenvalue weighted by Crippen LogP contribution is 2.49. The number of carbonyl (C=O) groups excluding carboxylic acids is 1. The van der Waals surface area contributed by atoms with Crippen molar-refractivity contribution >= 4 is 17.2 Å². The van der Waals surface area contributed by atoms with E-state index in [4.69, 9.17) is 0 Å². The molecule has 0 saturated heterocycles. The van der Waals surface area contributed by atoms with Gasteiger partial charge in [-0.3, -0.25) is 4.79 Å². The number of aromatic nitrogens is 3. The van der Waals surface area contributed by atoms with Crippen LogP contribution in [0, 0.1) is 24.7 Å². The SMILES string of the molecule is Cc1nc(-c2ncccn2)sc1C(=O)NC(C)C1CC2CCC1C2. The fourth-order valence-corrected chi connectivity index (χ4v) is 5.32. The van der Waals surface area contributed by atoms with Crippen LogP contribution in [0.5, 0.6) is 0 Å². The number of fused-ring (bicyclic) bond motifs is 2. The van der Waals surface area contributed by atoms with Crippen molar-refractivity contribution in [3.8, 4) is 10.8 Å². The fraction of sp³-hybridized carbons (Fsp3) is 0.556. The third-order valence-corrected chi connectivity index (χ3v) is 6.71. The van der Waals surface area contributed by atoms with Gasteiger partial charge >= 0.3 is 0 Å². The number of amides is 1. The van der Waals surface area contributed by atoms with Crippen molar-refractivity contribution in [3.05, 3.63) is 29.0 Å². The summed E-state index contributed by atoms with van der Waals surface area (Å²) in [6.07, 6.45) is 8.74. The molecule has 4 atom stereocenters. The molecule has 2 aromatic heterocycles. The molecule has 0 aliphatic heterocycles. The van der Waals surface area contributed by atoms with E-state index in [1.165, 1.54) is 37.0 Å². The maximum Gasteiger partial charge on any atom is 0.263 e. The van der Waals surface area contributed by atoms with E-state index in [-0.39, 0.29) is 11.9 Å². The maximum atomic E-state index is 12.7. The monoisotopic (exact) mass is 342 g/mol. The van der Waals surface area contributed by atoms with Gasteiger partial charge in [-0.15, -0.1) is 11.3 Å². The lowest BCUT2D eigenvalue weighted by Crippen LogP contribution is -2.40. The minimum absolute atomic E-state index is 0.0116. The second kappa shape index (κ2) is 6.24. The smallest absolute Gasteiger partial charge is 0.263 e. The number of hydrogen-bond donors (Lipinski definition) is 1. The Labute approximate surface area is 146 Å². The molecule has 0 radical (unpaired) electrons. The van der Waals surface area contributed by atoms with Crippen LogP contribution >= 0.6 is 11.3 Å². The lowest BCUT2D eigenvalue weighted by atomic mass is 9.84. The van der Waals surface area contributed by atoms with Crippen molar-refractivity contribution in [2.45, 2.75) is 45.6 Å². The molecule has 5 nitrogen and oxygen atoms in total. The highest BCUT2D eigenvalue weighted by atomic mass is 32.1. The van der Waals surface area contributed by atoms with E-state index in [0.717, 1.165) is 17.5 Å². The molecule has 2 heterocycles. The summed E-state index contributed by atoms with van der Waals surface area (Å²) in [5.41, 5.74) is 0.750. The van der Waals surface area contributed by atoms with E-state index in [2.05, 4.69) is 27.2 Å². The Morgan fingerprint density at radius 1 is 1.29 bits per heavy atom. The number of rotatable bonds is 4. The van der Waals surface area contributed by atoms with Crippen LogP contribution in [0.2, 0.25) is 0 Å². The molecular formula is C18H22N4OS. The number of aryl methyl sites for hydroxylation is 1. The molecule has 2 aliphatic carbocycles. The summed E-state index contributed by atoms with van der Waals surface area (Å²) in [6, 6.07) is 2.00. The molecule has 4 unspecified atom stereocenters. The van der Waals surface area contributed by atoms with Crippen LogP contribution in [0.1, 0.15) is 48.0 Å². The Kier molecular flexibility index (Phi) is 4.08. The molecule has 6 heteroatoms. The molecule has 0 spiro atoms. The molecule has 2 saturated carbocycles. The van der Waals surface area contributed by atoms with Gasteiger partial charge in [0.1, 0.15) is 4.88 Å². The third-order valence-electron chi connectivity index (χ3n) is 5.55. The maximum absolute atomic E-state index is 12.7. The molecule has 2 aromatic rings.